The fourth-order valence-corrected chi connectivity index (χ4v) is 3.17. The van der Waals surface area contributed by atoms with Gasteiger partial charge in [-0.2, -0.15) is 0 Å². The van der Waals surface area contributed by atoms with E-state index in [2.05, 4.69) is 22.1 Å². The normalized spacial score (nSPS) is 24.4. The topological polar surface area (TPSA) is 96.4 Å². The number of thiazole rings is 1. The molecule has 0 radical (unpaired) electrons. The highest BCUT2D eigenvalue weighted by atomic mass is 32.1. The summed E-state index contributed by atoms with van der Waals surface area (Å²) < 4.78 is 0. The lowest BCUT2D eigenvalue weighted by atomic mass is 10.0. The quantitative estimate of drug-likeness (QED) is 0.611. The van der Waals surface area contributed by atoms with Crippen molar-refractivity contribution in [1.29, 1.82) is 0 Å². The van der Waals surface area contributed by atoms with E-state index in [9.17, 15) is 19.2 Å². The molecule has 0 saturated carbocycles. The maximum absolute atomic E-state index is 12.4. The number of nitrogens with one attached hydrogen (secondary N) is 1. The molecular formula is C15H13N3O4S. The number of amides is 4. The van der Waals surface area contributed by atoms with E-state index in [4.69, 9.17) is 0 Å². The van der Waals surface area contributed by atoms with Gasteiger partial charge in [-0.3, -0.25) is 29.4 Å². The Hall–Kier alpha value is -2.53. The van der Waals surface area contributed by atoms with Gasteiger partial charge in [0.05, 0.1) is 5.92 Å². The number of nitrogens with zero attached hydrogens (tertiary/aromatic N) is 2. The van der Waals surface area contributed by atoms with E-state index in [1.54, 1.807) is 11.6 Å². The highest BCUT2D eigenvalue weighted by Crippen LogP contribution is 2.27. The monoisotopic (exact) mass is 331 g/mol. The van der Waals surface area contributed by atoms with E-state index in [1.165, 1.54) is 11.3 Å². The molecule has 2 aliphatic rings. The second kappa shape index (κ2) is 6.30. The Balaban J connectivity index is 1.68. The van der Waals surface area contributed by atoms with Crippen LogP contribution in [0.3, 0.4) is 0 Å². The zero-order valence-electron chi connectivity index (χ0n) is 12.1. The van der Waals surface area contributed by atoms with Crippen LogP contribution in [0.1, 0.15) is 30.7 Å². The average Bonchev–Trinajstić information content (AvgIpc) is 3.10. The molecule has 118 valence electrons. The molecule has 7 nitrogen and oxygen atoms in total. The number of imide groups is 2. The van der Waals surface area contributed by atoms with Gasteiger partial charge in [-0.15, -0.1) is 11.3 Å². The molecule has 3 heterocycles. The van der Waals surface area contributed by atoms with Gasteiger partial charge in [0.15, 0.2) is 5.01 Å². The van der Waals surface area contributed by atoms with E-state index in [0.29, 0.717) is 5.01 Å². The Morgan fingerprint density at radius 2 is 2.17 bits per heavy atom. The van der Waals surface area contributed by atoms with E-state index >= 15 is 0 Å². The molecule has 2 atom stereocenters. The minimum absolute atomic E-state index is 0.0448. The summed E-state index contributed by atoms with van der Waals surface area (Å²) in [6, 6.07) is -0.885. The van der Waals surface area contributed by atoms with Crippen LogP contribution in [0.5, 0.6) is 0 Å². The lowest BCUT2D eigenvalue weighted by molar-refractivity contribution is -0.151. The number of rotatable bonds is 2. The molecule has 2 unspecified atom stereocenters. The van der Waals surface area contributed by atoms with E-state index in [0.717, 1.165) is 4.90 Å². The van der Waals surface area contributed by atoms with Gasteiger partial charge < -0.3 is 0 Å². The summed E-state index contributed by atoms with van der Waals surface area (Å²) in [6.45, 7) is 0. The van der Waals surface area contributed by atoms with Crippen molar-refractivity contribution in [2.75, 3.05) is 0 Å². The van der Waals surface area contributed by atoms with Crippen LogP contribution < -0.4 is 5.32 Å². The molecule has 23 heavy (non-hydrogen) atoms. The molecule has 1 N–H and O–H groups in total. The second-order valence-electron chi connectivity index (χ2n) is 5.31. The molecule has 0 spiro atoms. The van der Waals surface area contributed by atoms with Crippen molar-refractivity contribution in [1.82, 2.24) is 15.2 Å². The van der Waals surface area contributed by atoms with Crippen molar-refractivity contribution in [2.24, 2.45) is 5.92 Å². The zero-order chi connectivity index (χ0) is 16.4. The van der Waals surface area contributed by atoms with Crippen molar-refractivity contribution < 1.29 is 19.2 Å². The van der Waals surface area contributed by atoms with Crippen molar-refractivity contribution >= 4 is 35.0 Å². The number of hydrogen-bond donors (Lipinski definition) is 1. The number of hydrogen-bond acceptors (Lipinski definition) is 6. The Bertz CT molecular complexity index is 732. The Morgan fingerprint density at radius 3 is 2.87 bits per heavy atom. The van der Waals surface area contributed by atoms with Gasteiger partial charge in [0, 0.05) is 30.8 Å². The smallest absolute Gasteiger partial charge is 0.249 e. The third-order valence-corrected chi connectivity index (χ3v) is 4.46. The van der Waals surface area contributed by atoms with Gasteiger partial charge in [0.25, 0.3) is 0 Å². The van der Waals surface area contributed by atoms with Crippen LogP contribution >= 0.6 is 11.3 Å². The third kappa shape index (κ3) is 3.14. The largest absolute Gasteiger partial charge is 0.295 e. The number of carbonyl (C=O) groups excluding carboxylic acids is 4. The lowest BCUT2D eigenvalue weighted by Gasteiger charge is -2.28. The summed E-state index contributed by atoms with van der Waals surface area (Å²) in [5.41, 5.74) is 0. The first-order valence-electron chi connectivity index (χ1n) is 7.14. The van der Waals surface area contributed by atoms with E-state index in [1.807, 2.05) is 0 Å². The Kier molecular flexibility index (Phi) is 4.21. The number of likely N-dealkylation sites (tertiary alicyclic amines) is 1. The minimum atomic E-state index is -0.885. The summed E-state index contributed by atoms with van der Waals surface area (Å²) in [4.78, 5) is 52.5. The first-order chi connectivity index (χ1) is 11.1. The average molecular weight is 331 g/mol. The van der Waals surface area contributed by atoms with Crippen molar-refractivity contribution in [3.05, 3.63) is 16.6 Å². The van der Waals surface area contributed by atoms with Gasteiger partial charge in [0.2, 0.25) is 23.6 Å². The van der Waals surface area contributed by atoms with Crippen molar-refractivity contribution in [3.8, 4) is 11.8 Å². The van der Waals surface area contributed by atoms with Gasteiger partial charge in [-0.05, 0) is 12.3 Å². The first kappa shape index (κ1) is 15.4. The van der Waals surface area contributed by atoms with Crippen LogP contribution in [0.15, 0.2) is 11.6 Å². The van der Waals surface area contributed by atoms with Crippen LogP contribution in [-0.4, -0.2) is 39.6 Å². The van der Waals surface area contributed by atoms with Crippen molar-refractivity contribution in [2.45, 2.75) is 31.7 Å². The SMILES string of the molecule is O=C1CCC(N2C(=O)CC(CC#Cc3nccs3)C2=O)C(=O)N1. The fraction of sp³-hybridized carbons (Fsp3) is 0.400. The van der Waals surface area contributed by atoms with Crippen LogP contribution in [-0.2, 0) is 19.2 Å². The van der Waals surface area contributed by atoms with E-state index in [-0.39, 0.29) is 37.5 Å². The zero-order valence-corrected chi connectivity index (χ0v) is 12.9. The van der Waals surface area contributed by atoms with Crippen LogP contribution in [0.4, 0.5) is 0 Å². The predicted molar refractivity (Wildman–Crippen MR) is 79.7 cm³/mol. The Morgan fingerprint density at radius 1 is 1.35 bits per heavy atom. The predicted octanol–water partition coefficient (Wildman–Crippen LogP) is 0.0650. The summed E-state index contributed by atoms with van der Waals surface area (Å²) in [5, 5.41) is 4.63. The Labute approximate surface area is 136 Å². The van der Waals surface area contributed by atoms with Crippen LogP contribution in [0.25, 0.3) is 0 Å². The molecule has 2 saturated heterocycles. The molecule has 0 aromatic carbocycles. The maximum atomic E-state index is 12.4. The summed E-state index contributed by atoms with van der Waals surface area (Å²) >= 11 is 1.40. The van der Waals surface area contributed by atoms with Gasteiger partial charge in [-0.25, -0.2) is 4.98 Å². The molecule has 2 fully saturated rings. The molecule has 1 aromatic heterocycles. The standard InChI is InChI=1S/C15H13N3O4S/c19-11-5-4-10(14(21)17-11)18-13(20)8-9(15(18)22)2-1-3-12-16-6-7-23-12/h6-7,9-10H,2,4-5,8H2,(H,17,19,21). The fourth-order valence-electron chi connectivity index (χ4n) is 2.67. The first-order valence-corrected chi connectivity index (χ1v) is 8.02. The van der Waals surface area contributed by atoms with Gasteiger partial charge >= 0.3 is 0 Å². The number of carbonyl (C=O) groups is 4. The molecule has 0 aliphatic carbocycles. The molecule has 1 aromatic rings. The minimum Gasteiger partial charge on any atom is -0.295 e. The van der Waals surface area contributed by atoms with Gasteiger partial charge in [0.1, 0.15) is 6.04 Å². The summed E-state index contributed by atoms with van der Waals surface area (Å²) in [6.07, 6.45) is 2.24. The second-order valence-corrected chi connectivity index (χ2v) is 6.21. The molecule has 2 aliphatic heterocycles. The van der Waals surface area contributed by atoms with Crippen LogP contribution in [0, 0.1) is 17.8 Å². The number of piperidine rings is 1. The molecule has 0 bridgehead atoms. The molecular weight excluding hydrogens is 318 g/mol. The molecule has 3 rings (SSSR count). The third-order valence-electron chi connectivity index (χ3n) is 3.77. The summed E-state index contributed by atoms with van der Waals surface area (Å²) in [5.74, 6) is 3.43. The highest BCUT2D eigenvalue weighted by Gasteiger charge is 2.45. The summed E-state index contributed by atoms with van der Waals surface area (Å²) in [7, 11) is 0. The molecule has 8 heteroatoms. The number of aromatic nitrogens is 1. The lowest BCUT2D eigenvalue weighted by Crippen LogP contribution is -2.54. The van der Waals surface area contributed by atoms with Crippen LogP contribution in [0.2, 0.25) is 0 Å². The molecule has 4 amide bonds. The highest BCUT2D eigenvalue weighted by molar-refractivity contribution is 7.10. The van der Waals surface area contributed by atoms with Gasteiger partial charge in [-0.1, -0.05) is 5.92 Å². The van der Waals surface area contributed by atoms with E-state index < -0.39 is 23.8 Å². The maximum Gasteiger partial charge on any atom is 0.249 e. The van der Waals surface area contributed by atoms with Crippen molar-refractivity contribution in [3.63, 3.8) is 0 Å².